The lowest BCUT2D eigenvalue weighted by atomic mass is 10.1. The van der Waals surface area contributed by atoms with Gasteiger partial charge >= 0.3 is 0 Å². The molecule has 0 aliphatic heterocycles. The fourth-order valence-corrected chi connectivity index (χ4v) is 1.78. The van der Waals surface area contributed by atoms with E-state index in [2.05, 4.69) is 15.4 Å². The Hall–Kier alpha value is -2.17. The summed E-state index contributed by atoms with van der Waals surface area (Å²) in [7, 11) is 0. The van der Waals surface area contributed by atoms with E-state index < -0.39 is 0 Å². The lowest BCUT2D eigenvalue weighted by molar-refractivity contribution is -0.121. The van der Waals surface area contributed by atoms with Crippen molar-refractivity contribution in [1.29, 1.82) is 0 Å². The molecule has 0 bridgehead atoms. The Balaban J connectivity index is 1.86. The molecular weight excluding hydrogens is 240 g/mol. The van der Waals surface area contributed by atoms with Crippen LogP contribution in [0.3, 0.4) is 0 Å². The molecule has 1 N–H and O–H groups in total. The van der Waals surface area contributed by atoms with Gasteiger partial charge in [0.2, 0.25) is 5.91 Å². The molecular formula is C14H18N4O. The van der Waals surface area contributed by atoms with Gasteiger partial charge in [-0.15, -0.1) is 0 Å². The third-order valence-electron chi connectivity index (χ3n) is 2.80. The van der Waals surface area contributed by atoms with E-state index in [1.165, 1.54) is 6.33 Å². The minimum Gasteiger partial charge on any atom is -0.352 e. The Bertz CT molecular complexity index is 505. The molecule has 19 heavy (non-hydrogen) atoms. The van der Waals surface area contributed by atoms with E-state index >= 15 is 0 Å². The van der Waals surface area contributed by atoms with E-state index in [-0.39, 0.29) is 5.91 Å². The number of aromatic nitrogens is 3. The van der Waals surface area contributed by atoms with E-state index in [4.69, 9.17) is 0 Å². The average Bonchev–Trinajstić information content (AvgIpc) is 2.91. The maximum Gasteiger partial charge on any atom is 0.220 e. The monoisotopic (exact) mass is 258 g/mol. The van der Waals surface area contributed by atoms with Crippen LogP contribution in [0, 0.1) is 0 Å². The quantitative estimate of drug-likeness (QED) is 0.858. The van der Waals surface area contributed by atoms with Crippen molar-refractivity contribution in [2.45, 2.75) is 32.9 Å². The van der Waals surface area contributed by atoms with Gasteiger partial charge in [0.05, 0.1) is 6.54 Å². The van der Waals surface area contributed by atoms with Crippen LogP contribution >= 0.6 is 0 Å². The SMILES string of the molecule is CCCC(=O)NCc1ccc(Cn2cncn2)cc1. The van der Waals surface area contributed by atoms with Crippen LogP contribution in [0.15, 0.2) is 36.9 Å². The zero-order valence-corrected chi connectivity index (χ0v) is 11.0. The van der Waals surface area contributed by atoms with Gasteiger partial charge in [-0.3, -0.25) is 4.79 Å². The molecule has 5 nitrogen and oxygen atoms in total. The smallest absolute Gasteiger partial charge is 0.220 e. The van der Waals surface area contributed by atoms with Crippen molar-refractivity contribution in [2.24, 2.45) is 0 Å². The Kier molecular flexibility index (Phi) is 4.66. The van der Waals surface area contributed by atoms with Gasteiger partial charge in [0.25, 0.3) is 0 Å². The summed E-state index contributed by atoms with van der Waals surface area (Å²) in [5.74, 6) is 0.106. The first-order chi connectivity index (χ1) is 9.28. The molecule has 1 aromatic heterocycles. The van der Waals surface area contributed by atoms with Crippen LogP contribution in [-0.2, 0) is 17.9 Å². The fourth-order valence-electron chi connectivity index (χ4n) is 1.78. The summed E-state index contributed by atoms with van der Waals surface area (Å²) in [5, 5.41) is 6.96. The molecule has 0 saturated carbocycles. The summed E-state index contributed by atoms with van der Waals surface area (Å²) in [5.41, 5.74) is 2.26. The van der Waals surface area contributed by atoms with E-state index in [1.807, 2.05) is 31.2 Å². The molecule has 0 saturated heterocycles. The van der Waals surface area contributed by atoms with Crippen molar-refractivity contribution in [2.75, 3.05) is 0 Å². The maximum absolute atomic E-state index is 11.4. The molecule has 1 aromatic carbocycles. The predicted octanol–water partition coefficient (Wildman–Crippen LogP) is 1.74. The van der Waals surface area contributed by atoms with Crippen molar-refractivity contribution in [3.63, 3.8) is 0 Å². The highest BCUT2D eigenvalue weighted by atomic mass is 16.1. The highest BCUT2D eigenvalue weighted by Gasteiger charge is 2.00. The highest BCUT2D eigenvalue weighted by molar-refractivity contribution is 5.75. The highest BCUT2D eigenvalue weighted by Crippen LogP contribution is 2.05. The van der Waals surface area contributed by atoms with Crippen LogP contribution in [0.2, 0.25) is 0 Å². The molecule has 5 heteroatoms. The first-order valence-electron chi connectivity index (χ1n) is 6.45. The molecule has 0 unspecified atom stereocenters. The summed E-state index contributed by atoms with van der Waals surface area (Å²) < 4.78 is 1.78. The molecule has 1 heterocycles. The van der Waals surface area contributed by atoms with Crippen molar-refractivity contribution >= 4 is 5.91 Å². The minimum absolute atomic E-state index is 0.106. The second kappa shape index (κ2) is 6.68. The van der Waals surface area contributed by atoms with E-state index in [0.717, 1.165) is 17.5 Å². The van der Waals surface area contributed by atoms with Crippen LogP contribution in [0.1, 0.15) is 30.9 Å². The fraction of sp³-hybridized carbons (Fsp3) is 0.357. The average molecular weight is 258 g/mol. The topological polar surface area (TPSA) is 59.8 Å². The summed E-state index contributed by atoms with van der Waals surface area (Å²) in [6.45, 7) is 3.30. The predicted molar refractivity (Wildman–Crippen MR) is 72.3 cm³/mol. The first kappa shape index (κ1) is 13.3. The Morgan fingerprint density at radius 3 is 2.63 bits per heavy atom. The van der Waals surface area contributed by atoms with Gasteiger partial charge in [-0.1, -0.05) is 31.2 Å². The van der Waals surface area contributed by atoms with E-state index in [1.54, 1.807) is 11.0 Å². The number of nitrogens with one attached hydrogen (secondary N) is 1. The third kappa shape index (κ3) is 4.21. The van der Waals surface area contributed by atoms with Crippen LogP contribution in [0.5, 0.6) is 0 Å². The molecule has 0 radical (unpaired) electrons. The summed E-state index contributed by atoms with van der Waals surface area (Å²) in [6, 6.07) is 8.14. The number of nitrogens with zero attached hydrogens (tertiary/aromatic N) is 3. The number of carbonyl (C=O) groups is 1. The van der Waals surface area contributed by atoms with Crippen LogP contribution in [-0.4, -0.2) is 20.7 Å². The van der Waals surface area contributed by atoms with Gasteiger partial charge in [-0.25, -0.2) is 9.67 Å². The molecule has 0 atom stereocenters. The first-order valence-corrected chi connectivity index (χ1v) is 6.45. The van der Waals surface area contributed by atoms with Crippen molar-refractivity contribution in [1.82, 2.24) is 20.1 Å². The number of benzene rings is 1. The number of carbonyl (C=O) groups excluding carboxylic acids is 1. The molecule has 1 amide bonds. The zero-order chi connectivity index (χ0) is 13.5. The van der Waals surface area contributed by atoms with Crippen LogP contribution in [0.4, 0.5) is 0 Å². The molecule has 0 fully saturated rings. The largest absolute Gasteiger partial charge is 0.352 e. The zero-order valence-electron chi connectivity index (χ0n) is 11.0. The Morgan fingerprint density at radius 2 is 2.00 bits per heavy atom. The van der Waals surface area contributed by atoms with Gasteiger partial charge in [0, 0.05) is 13.0 Å². The minimum atomic E-state index is 0.106. The summed E-state index contributed by atoms with van der Waals surface area (Å²) in [6.07, 6.45) is 4.68. The maximum atomic E-state index is 11.4. The van der Waals surface area contributed by atoms with E-state index in [9.17, 15) is 4.79 Å². The molecule has 2 aromatic rings. The normalized spacial score (nSPS) is 10.4. The van der Waals surface area contributed by atoms with E-state index in [0.29, 0.717) is 19.5 Å². The van der Waals surface area contributed by atoms with Gasteiger partial charge in [-0.2, -0.15) is 5.10 Å². The van der Waals surface area contributed by atoms with Gasteiger partial charge in [0.1, 0.15) is 12.7 Å². The number of rotatable bonds is 6. The van der Waals surface area contributed by atoms with Gasteiger partial charge in [-0.05, 0) is 17.5 Å². The van der Waals surface area contributed by atoms with Crippen molar-refractivity contribution < 1.29 is 4.79 Å². The van der Waals surface area contributed by atoms with Crippen LogP contribution < -0.4 is 5.32 Å². The number of amides is 1. The second-order valence-electron chi connectivity index (χ2n) is 4.44. The summed E-state index contributed by atoms with van der Waals surface area (Å²) in [4.78, 5) is 15.3. The molecule has 0 spiro atoms. The Morgan fingerprint density at radius 1 is 1.26 bits per heavy atom. The molecule has 100 valence electrons. The lowest BCUT2D eigenvalue weighted by Crippen LogP contribution is -2.22. The van der Waals surface area contributed by atoms with Gasteiger partial charge in [0.15, 0.2) is 0 Å². The number of hydrogen-bond donors (Lipinski definition) is 1. The number of hydrogen-bond acceptors (Lipinski definition) is 3. The summed E-state index contributed by atoms with van der Waals surface area (Å²) >= 11 is 0. The molecule has 0 aliphatic carbocycles. The van der Waals surface area contributed by atoms with Crippen LogP contribution in [0.25, 0.3) is 0 Å². The molecule has 0 aliphatic rings. The van der Waals surface area contributed by atoms with Crippen molar-refractivity contribution in [3.05, 3.63) is 48.0 Å². The standard InChI is InChI=1S/C14H18N4O/c1-2-3-14(19)16-8-12-4-6-13(7-5-12)9-18-11-15-10-17-18/h4-7,10-11H,2-3,8-9H2,1H3,(H,16,19). The third-order valence-corrected chi connectivity index (χ3v) is 2.80. The second-order valence-corrected chi connectivity index (χ2v) is 4.44. The Labute approximate surface area is 112 Å². The molecule has 2 rings (SSSR count). The van der Waals surface area contributed by atoms with Crippen molar-refractivity contribution in [3.8, 4) is 0 Å². The lowest BCUT2D eigenvalue weighted by Gasteiger charge is -2.06. The van der Waals surface area contributed by atoms with Gasteiger partial charge < -0.3 is 5.32 Å².